The van der Waals surface area contributed by atoms with Crippen LogP contribution in [-0.2, 0) is 13.1 Å². The molecule has 3 aromatic heterocycles. The SMILES string of the molecule is Nc1ccccc1C(=O)n1nc(-c2cc(=O)n(CC(=O)c3ccccc3)cc2-c2ccccc2)cc1NCc1ccc(Cl)s1. The summed E-state index contributed by atoms with van der Waals surface area (Å²) in [6.45, 7) is 0.272. The van der Waals surface area contributed by atoms with Crippen LogP contribution in [0.1, 0.15) is 25.6 Å². The Hall–Kier alpha value is -5.25. The molecule has 218 valence electrons. The molecular weight excluding hydrogens is 594 g/mol. The molecule has 0 bridgehead atoms. The Bertz CT molecular complexity index is 2030. The average Bonchev–Trinajstić information content (AvgIpc) is 3.67. The molecule has 0 fully saturated rings. The minimum absolute atomic E-state index is 0.126. The van der Waals surface area contributed by atoms with E-state index in [9.17, 15) is 14.4 Å². The fourth-order valence-corrected chi connectivity index (χ4v) is 5.88. The van der Waals surface area contributed by atoms with E-state index < -0.39 is 5.91 Å². The van der Waals surface area contributed by atoms with Crippen LogP contribution in [0.4, 0.5) is 11.5 Å². The van der Waals surface area contributed by atoms with Gasteiger partial charge in [0.1, 0.15) is 5.82 Å². The maximum atomic E-state index is 13.7. The zero-order chi connectivity index (χ0) is 30.6. The molecule has 3 N–H and O–H groups in total. The number of anilines is 2. The molecule has 0 amide bonds. The summed E-state index contributed by atoms with van der Waals surface area (Å²) >= 11 is 7.55. The van der Waals surface area contributed by atoms with Crippen LogP contribution in [0.2, 0.25) is 4.34 Å². The van der Waals surface area contributed by atoms with E-state index in [0.29, 0.717) is 50.3 Å². The summed E-state index contributed by atoms with van der Waals surface area (Å²) in [5.41, 5.74) is 9.32. The summed E-state index contributed by atoms with van der Waals surface area (Å²) in [5, 5.41) is 7.99. The van der Waals surface area contributed by atoms with E-state index >= 15 is 0 Å². The number of nitrogen functional groups attached to an aromatic ring is 1. The monoisotopic (exact) mass is 619 g/mol. The lowest BCUT2D eigenvalue weighted by Gasteiger charge is -2.12. The first kappa shape index (κ1) is 28.9. The quantitative estimate of drug-likeness (QED) is 0.135. The van der Waals surface area contributed by atoms with Crippen molar-refractivity contribution in [1.82, 2.24) is 14.3 Å². The molecule has 8 nitrogen and oxygen atoms in total. The summed E-state index contributed by atoms with van der Waals surface area (Å²) in [6.07, 6.45) is 1.67. The van der Waals surface area contributed by atoms with Gasteiger partial charge in [-0.25, -0.2) is 0 Å². The van der Waals surface area contributed by atoms with Crippen LogP contribution in [0.3, 0.4) is 0 Å². The minimum atomic E-state index is -0.427. The lowest BCUT2D eigenvalue weighted by Crippen LogP contribution is -2.24. The third-order valence-corrected chi connectivity index (χ3v) is 8.29. The Labute approximate surface area is 262 Å². The van der Waals surface area contributed by atoms with Gasteiger partial charge in [-0.3, -0.25) is 14.4 Å². The van der Waals surface area contributed by atoms with E-state index in [1.54, 1.807) is 60.8 Å². The van der Waals surface area contributed by atoms with Crippen LogP contribution in [0.15, 0.2) is 120 Å². The number of nitrogens with one attached hydrogen (secondary N) is 1. The molecule has 0 atom stereocenters. The van der Waals surface area contributed by atoms with Crippen molar-refractivity contribution in [3.63, 3.8) is 0 Å². The van der Waals surface area contributed by atoms with E-state index in [4.69, 9.17) is 22.4 Å². The zero-order valence-corrected chi connectivity index (χ0v) is 24.9. The predicted molar refractivity (Wildman–Crippen MR) is 175 cm³/mol. The summed E-state index contributed by atoms with van der Waals surface area (Å²) < 4.78 is 3.31. The van der Waals surface area contributed by atoms with Crippen LogP contribution in [-0.4, -0.2) is 26.0 Å². The van der Waals surface area contributed by atoms with Crippen LogP contribution in [0, 0.1) is 0 Å². The van der Waals surface area contributed by atoms with Crippen molar-refractivity contribution in [3.8, 4) is 22.4 Å². The lowest BCUT2D eigenvalue weighted by atomic mass is 9.99. The molecular formula is C34H26ClN5O3S. The van der Waals surface area contributed by atoms with E-state index in [2.05, 4.69) is 5.32 Å². The molecule has 0 aliphatic rings. The summed E-state index contributed by atoms with van der Waals surface area (Å²) in [7, 11) is 0. The Morgan fingerprint density at radius 2 is 1.57 bits per heavy atom. The first-order chi connectivity index (χ1) is 21.4. The predicted octanol–water partition coefficient (Wildman–Crippen LogP) is 6.86. The van der Waals surface area contributed by atoms with Gasteiger partial charge in [0.2, 0.25) is 0 Å². The normalized spacial score (nSPS) is 10.9. The maximum absolute atomic E-state index is 13.7. The number of nitrogens with two attached hydrogens (primary N) is 1. The summed E-state index contributed by atoms with van der Waals surface area (Å²) in [6, 6.07) is 32.1. The molecule has 3 heterocycles. The number of hydrogen-bond acceptors (Lipinski definition) is 7. The number of ketones is 1. The second kappa shape index (κ2) is 12.5. The highest BCUT2D eigenvalue weighted by molar-refractivity contribution is 7.16. The standard InChI is InChI=1S/C34H26ClN5O3S/c35-31-16-15-24(44-31)19-37-32-18-29(38-40(32)34(43)25-13-7-8-14-28(25)36)26-17-33(42)39(20-27(26)22-9-3-1-4-10-22)21-30(41)23-11-5-2-6-12-23/h1-18,20,37H,19,21,36H2. The molecule has 0 spiro atoms. The van der Waals surface area contributed by atoms with Crippen molar-refractivity contribution in [2.45, 2.75) is 13.1 Å². The number of aromatic nitrogens is 3. The fraction of sp³-hybridized carbons (Fsp3) is 0.0588. The third-order valence-electron chi connectivity index (χ3n) is 7.06. The van der Waals surface area contributed by atoms with Crippen molar-refractivity contribution in [2.75, 3.05) is 11.1 Å². The smallest absolute Gasteiger partial charge is 0.282 e. The number of rotatable bonds is 9. The van der Waals surface area contributed by atoms with Gasteiger partial charge in [0.05, 0.1) is 28.7 Å². The van der Waals surface area contributed by atoms with Crippen LogP contribution in [0.5, 0.6) is 0 Å². The molecule has 0 aliphatic carbocycles. The van der Waals surface area contributed by atoms with Gasteiger partial charge in [-0.1, -0.05) is 84.4 Å². The number of halogens is 1. The Morgan fingerprint density at radius 1 is 0.864 bits per heavy atom. The van der Waals surface area contributed by atoms with E-state index in [0.717, 1.165) is 10.4 Å². The van der Waals surface area contributed by atoms with Gasteiger partial charge in [0, 0.05) is 45.6 Å². The Kier molecular flexibility index (Phi) is 8.23. The van der Waals surface area contributed by atoms with Crippen molar-refractivity contribution in [3.05, 3.63) is 146 Å². The van der Waals surface area contributed by atoms with Gasteiger partial charge in [0.25, 0.3) is 11.5 Å². The second-order valence-corrected chi connectivity index (χ2v) is 11.8. The highest BCUT2D eigenvalue weighted by atomic mass is 35.5. The zero-order valence-electron chi connectivity index (χ0n) is 23.3. The second-order valence-electron chi connectivity index (χ2n) is 10.0. The fourth-order valence-electron chi connectivity index (χ4n) is 4.85. The maximum Gasteiger partial charge on any atom is 0.282 e. The molecule has 10 heteroatoms. The van der Waals surface area contributed by atoms with Crippen LogP contribution < -0.4 is 16.6 Å². The van der Waals surface area contributed by atoms with Gasteiger partial charge in [-0.15, -0.1) is 11.3 Å². The molecule has 0 unspecified atom stereocenters. The molecule has 0 saturated heterocycles. The highest BCUT2D eigenvalue weighted by Crippen LogP contribution is 2.33. The number of pyridine rings is 1. The van der Waals surface area contributed by atoms with Gasteiger partial charge in [0.15, 0.2) is 5.78 Å². The first-order valence-corrected chi connectivity index (χ1v) is 14.9. The van der Waals surface area contributed by atoms with Gasteiger partial charge < -0.3 is 15.6 Å². The molecule has 0 aliphatic heterocycles. The van der Waals surface area contributed by atoms with Crippen molar-refractivity contribution >= 4 is 46.1 Å². The number of nitrogens with zero attached hydrogens (tertiary/aromatic N) is 3. The molecule has 0 saturated carbocycles. The van der Waals surface area contributed by atoms with Crippen molar-refractivity contribution in [1.29, 1.82) is 0 Å². The first-order valence-electron chi connectivity index (χ1n) is 13.7. The van der Waals surface area contributed by atoms with Gasteiger partial charge in [-0.2, -0.15) is 9.78 Å². The lowest BCUT2D eigenvalue weighted by molar-refractivity contribution is 0.0946. The van der Waals surface area contributed by atoms with Gasteiger partial charge >= 0.3 is 0 Å². The number of carbonyl (C=O) groups is 2. The largest absolute Gasteiger partial charge is 0.398 e. The Morgan fingerprint density at radius 3 is 2.27 bits per heavy atom. The minimum Gasteiger partial charge on any atom is -0.398 e. The topological polar surface area (TPSA) is 112 Å². The van der Waals surface area contributed by atoms with Crippen LogP contribution in [0.25, 0.3) is 22.4 Å². The van der Waals surface area contributed by atoms with Crippen molar-refractivity contribution in [2.24, 2.45) is 0 Å². The molecule has 6 aromatic rings. The van der Waals surface area contributed by atoms with E-state index in [1.165, 1.54) is 26.7 Å². The summed E-state index contributed by atoms with van der Waals surface area (Å²) in [5.74, 6) is -0.195. The molecule has 3 aromatic carbocycles. The number of Topliss-reactive ketones (excluding diaryl/α,β-unsaturated/α-hetero) is 1. The molecule has 6 rings (SSSR count). The van der Waals surface area contributed by atoms with Crippen molar-refractivity contribution < 1.29 is 9.59 Å². The van der Waals surface area contributed by atoms with Gasteiger partial charge in [-0.05, 0) is 29.8 Å². The summed E-state index contributed by atoms with van der Waals surface area (Å²) in [4.78, 5) is 41.1. The Balaban J connectivity index is 1.45. The van der Waals surface area contributed by atoms with E-state index in [-0.39, 0.29) is 17.9 Å². The number of hydrogen-bond donors (Lipinski definition) is 2. The molecule has 0 radical (unpaired) electrons. The number of thiophene rings is 1. The van der Waals surface area contributed by atoms with Crippen LogP contribution >= 0.6 is 22.9 Å². The van der Waals surface area contributed by atoms with E-state index in [1.807, 2.05) is 48.5 Å². The third kappa shape index (κ3) is 6.10. The number of benzene rings is 3. The number of para-hydroxylation sites is 1. The average molecular weight is 620 g/mol. The number of carbonyl (C=O) groups excluding carboxylic acids is 2. The molecule has 44 heavy (non-hydrogen) atoms. The highest BCUT2D eigenvalue weighted by Gasteiger charge is 2.22.